The SMILES string of the molecule is [C-]#[N+]c1ccc2sc3cc4c(cc3c2c1)sc1ccc(-c2cccc(C#N)c2-n2c3ccccc3c3ccccc32)cc14. The molecule has 0 aliphatic carbocycles. The van der Waals surface area contributed by atoms with Crippen molar-refractivity contribution < 1.29 is 0 Å². The van der Waals surface area contributed by atoms with Gasteiger partial charge in [-0.25, -0.2) is 4.85 Å². The van der Waals surface area contributed by atoms with Crippen molar-refractivity contribution >= 4 is 90.5 Å². The molecule has 0 spiro atoms. The lowest BCUT2D eigenvalue weighted by Crippen LogP contribution is -2.00. The molecule has 6 aromatic carbocycles. The second-order valence-electron chi connectivity index (χ2n) is 10.7. The highest BCUT2D eigenvalue weighted by atomic mass is 32.1. The van der Waals surface area contributed by atoms with Gasteiger partial charge in [0.15, 0.2) is 5.69 Å². The van der Waals surface area contributed by atoms with E-state index in [2.05, 4.69) is 106 Å². The van der Waals surface area contributed by atoms with Crippen molar-refractivity contribution in [3.8, 4) is 22.9 Å². The van der Waals surface area contributed by atoms with E-state index in [4.69, 9.17) is 6.57 Å². The van der Waals surface area contributed by atoms with E-state index in [-0.39, 0.29) is 0 Å². The van der Waals surface area contributed by atoms with Crippen LogP contribution in [0.15, 0.2) is 115 Å². The molecule has 43 heavy (non-hydrogen) atoms. The predicted octanol–water partition coefficient (Wildman–Crippen LogP) is 11.6. The summed E-state index contributed by atoms with van der Waals surface area (Å²) >= 11 is 3.58. The van der Waals surface area contributed by atoms with Crippen LogP contribution < -0.4 is 0 Å². The first-order valence-corrected chi connectivity index (χ1v) is 15.6. The Balaban J connectivity index is 1.32. The number of hydrogen-bond acceptors (Lipinski definition) is 3. The van der Waals surface area contributed by atoms with Crippen molar-refractivity contribution in [3.05, 3.63) is 132 Å². The van der Waals surface area contributed by atoms with Gasteiger partial charge >= 0.3 is 0 Å². The lowest BCUT2D eigenvalue weighted by atomic mass is 9.98. The standard InChI is InChI=1S/C38H19N3S2/c1-40-24-14-16-35-29(18-24)31-20-36-30(19-37(31)43-35)28-17-22(13-15-34(28)42-36)25-10-6-7-23(21-39)38(25)41-32-11-4-2-8-26(32)27-9-3-5-12-33(27)41/h2-20H. The summed E-state index contributed by atoms with van der Waals surface area (Å²) in [5, 5.41) is 17.5. The van der Waals surface area contributed by atoms with E-state index in [9.17, 15) is 5.26 Å². The molecule has 0 fully saturated rings. The minimum atomic E-state index is 0.644. The summed E-state index contributed by atoms with van der Waals surface area (Å²) in [5.74, 6) is 0. The van der Waals surface area contributed by atoms with Crippen LogP contribution in [0.4, 0.5) is 5.69 Å². The maximum absolute atomic E-state index is 10.3. The molecule has 0 atom stereocenters. The number of hydrogen-bond donors (Lipinski definition) is 0. The van der Waals surface area contributed by atoms with Gasteiger partial charge in [0, 0.05) is 51.3 Å². The minimum Gasteiger partial charge on any atom is -0.307 e. The second-order valence-corrected chi connectivity index (χ2v) is 12.9. The first kappa shape index (κ1) is 24.2. The Bertz CT molecular complexity index is 2650. The Morgan fingerprint density at radius 1 is 0.581 bits per heavy atom. The van der Waals surface area contributed by atoms with Gasteiger partial charge < -0.3 is 4.57 Å². The molecule has 9 rings (SSSR count). The molecule has 0 saturated carbocycles. The van der Waals surface area contributed by atoms with Crippen molar-refractivity contribution in [1.82, 2.24) is 4.57 Å². The summed E-state index contributed by atoms with van der Waals surface area (Å²) in [4.78, 5) is 3.65. The molecule has 3 heterocycles. The van der Waals surface area contributed by atoms with Gasteiger partial charge in [-0.05, 0) is 59.5 Å². The van der Waals surface area contributed by atoms with E-state index in [0.717, 1.165) is 33.2 Å². The molecule has 0 amide bonds. The van der Waals surface area contributed by atoms with E-state index in [1.54, 1.807) is 22.7 Å². The zero-order valence-corrected chi connectivity index (χ0v) is 24.3. The molecule has 0 bridgehead atoms. The smallest absolute Gasteiger partial charge is 0.187 e. The van der Waals surface area contributed by atoms with Crippen molar-refractivity contribution in [2.24, 2.45) is 0 Å². The number of fused-ring (bicyclic) bond motifs is 9. The van der Waals surface area contributed by atoms with Gasteiger partial charge in [-0.3, -0.25) is 0 Å². The predicted molar refractivity (Wildman–Crippen MR) is 183 cm³/mol. The van der Waals surface area contributed by atoms with Crippen LogP contribution in [0.5, 0.6) is 0 Å². The normalized spacial score (nSPS) is 11.7. The quantitative estimate of drug-likeness (QED) is 0.187. The number of nitriles is 1. The zero-order valence-electron chi connectivity index (χ0n) is 22.6. The molecule has 0 N–H and O–H groups in total. The Hall–Kier alpha value is -5.46. The molecule has 0 saturated heterocycles. The van der Waals surface area contributed by atoms with Crippen molar-refractivity contribution in [3.63, 3.8) is 0 Å². The highest BCUT2D eigenvalue weighted by Crippen LogP contribution is 2.44. The zero-order chi connectivity index (χ0) is 28.7. The largest absolute Gasteiger partial charge is 0.307 e. The summed E-state index contributed by atoms with van der Waals surface area (Å²) in [6.45, 7) is 7.45. The van der Waals surface area contributed by atoms with Gasteiger partial charge in [0.2, 0.25) is 0 Å². The molecule has 0 radical (unpaired) electrons. The average molecular weight is 582 g/mol. The highest BCUT2D eigenvalue weighted by molar-refractivity contribution is 7.27. The van der Waals surface area contributed by atoms with Crippen molar-refractivity contribution in [2.75, 3.05) is 0 Å². The number of rotatable bonds is 2. The van der Waals surface area contributed by atoms with Crippen molar-refractivity contribution in [2.45, 2.75) is 0 Å². The fourth-order valence-corrected chi connectivity index (χ4v) is 8.76. The molecular weight excluding hydrogens is 563 g/mol. The van der Waals surface area contributed by atoms with Crippen LogP contribution in [0.3, 0.4) is 0 Å². The Morgan fingerprint density at radius 2 is 1.19 bits per heavy atom. The molecule has 5 heteroatoms. The third-order valence-electron chi connectivity index (χ3n) is 8.44. The molecule has 0 aliphatic heterocycles. The van der Waals surface area contributed by atoms with Crippen molar-refractivity contribution in [1.29, 1.82) is 5.26 Å². The van der Waals surface area contributed by atoms with E-state index in [1.165, 1.54) is 45.7 Å². The molecule has 0 unspecified atom stereocenters. The highest BCUT2D eigenvalue weighted by Gasteiger charge is 2.19. The Kier molecular flexibility index (Phi) is 5.07. The third-order valence-corrected chi connectivity index (χ3v) is 10.7. The van der Waals surface area contributed by atoms with Crippen LogP contribution in [0.2, 0.25) is 0 Å². The maximum atomic E-state index is 10.3. The summed E-state index contributed by atoms with van der Waals surface area (Å²) in [5.41, 5.74) is 6.51. The maximum Gasteiger partial charge on any atom is 0.187 e. The molecule has 3 nitrogen and oxygen atoms in total. The van der Waals surface area contributed by atoms with Crippen LogP contribution >= 0.6 is 22.7 Å². The van der Waals surface area contributed by atoms with Gasteiger partial charge in [-0.2, -0.15) is 5.26 Å². The Morgan fingerprint density at radius 3 is 1.84 bits per heavy atom. The number of para-hydroxylation sites is 3. The van der Waals surface area contributed by atoms with Crippen LogP contribution in [0, 0.1) is 17.9 Å². The number of aromatic nitrogens is 1. The van der Waals surface area contributed by atoms with Crippen LogP contribution in [0.1, 0.15) is 5.56 Å². The number of benzene rings is 6. The molecule has 198 valence electrons. The molecule has 3 aromatic heterocycles. The summed E-state index contributed by atoms with van der Waals surface area (Å²) in [6.07, 6.45) is 0. The van der Waals surface area contributed by atoms with Crippen LogP contribution in [-0.2, 0) is 0 Å². The fourth-order valence-electron chi connectivity index (χ4n) is 6.54. The van der Waals surface area contributed by atoms with Crippen LogP contribution in [0.25, 0.3) is 83.8 Å². The van der Waals surface area contributed by atoms with E-state index in [1.807, 2.05) is 24.3 Å². The van der Waals surface area contributed by atoms with Gasteiger partial charge in [0.25, 0.3) is 0 Å². The first-order chi connectivity index (χ1) is 21.2. The lowest BCUT2D eigenvalue weighted by Gasteiger charge is -2.16. The van der Waals surface area contributed by atoms with E-state index >= 15 is 0 Å². The number of nitrogens with zero attached hydrogens (tertiary/aromatic N) is 3. The lowest BCUT2D eigenvalue weighted by molar-refractivity contribution is 1.17. The van der Waals surface area contributed by atoms with Gasteiger partial charge in [0.1, 0.15) is 6.07 Å². The van der Waals surface area contributed by atoms with E-state index < -0.39 is 0 Å². The topological polar surface area (TPSA) is 33.1 Å². The Labute approximate surface area is 254 Å². The summed E-state index contributed by atoms with van der Waals surface area (Å²) < 4.78 is 7.16. The van der Waals surface area contributed by atoms with E-state index in [0.29, 0.717) is 11.3 Å². The molecular formula is C38H19N3S2. The molecule has 0 aliphatic rings. The van der Waals surface area contributed by atoms with Gasteiger partial charge in [-0.1, -0.05) is 66.7 Å². The monoisotopic (exact) mass is 581 g/mol. The van der Waals surface area contributed by atoms with Gasteiger partial charge in [0.05, 0.1) is 28.9 Å². The third kappa shape index (κ3) is 3.44. The molecule has 9 aromatic rings. The summed E-state index contributed by atoms with van der Waals surface area (Å²) in [7, 11) is 0. The first-order valence-electron chi connectivity index (χ1n) is 13.9. The fraction of sp³-hybridized carbons (Fsp3) is 0. The average Bonchev–Trinajstić information content (AvgIpc) is 3.71. The number of thiophene rings is 2. The summed E-state index contributed by atoms with van der Waals surface area (Å²) in [6, 6.07) is 42.7. The second kappa shape index (κ2) is 9.02. The minimum absolute atomic E-state index is 0.644. The van der Waals surface area contributed by atoms with Crippen LogP contribution in [-0.4, -0.2) is 4.57 Å². The van der Waals surface area contributed by atoms with Gasteiger partial charge in [-0.15, -0.1) is 22.7 Å².